The predicted molar refractivity (Wildman–Crippen MR) is 86.2 cm³/mol. The van der Waals surface area contributed by atoms with Gasteiger partial charge < -0.3 is 19.4 Å². The Kier molecular flexibility index (Phi) is 4.87. The summed E-state index contributed by atoms with van der Waals surface area (Å²) < 4.78 is 5.43. The molecular weight excluding hydrogens is 298 g/mol. The van der Waals surface area contributed by atoms with Crippen LogP contribution in [0, 0.1) is 0 Å². The molecule has 2 amide bonds. The maximum Gasteiger partial charge on any atom is 0.410 e. The fourth-order valence-corrected chi connectivity index (χ4v) is 2.84. The minimum absolute atomic E-state index is 0.116. The first kappa shape index (κ1) is 17.6. The van der Waals surface area contributed by atoms with Crippen molar-refractivity contribution in [3.63, 3.8) is 0 Å². The lowest BCUT2D eigenvalue weighted by Gasteiger charge is -2.27. The minimum atomic E-state index is -0.501. The van der Waals surface area contributed by atoms with E-state index in [0.29, 0.717) is 31.6 Å². The number of likely N-dealkylation sites (tertiary alicyclic amines) is 1. The number of rotatable bonds is 1. The molecule has 2 rings (SSSR count). The van der Waals surface area contributed by atoms with Gasteiger partial charge in [-0.3, -0.25) is 4.79 Å². The fourth-order valence-electron chi connectivity index (χ4n) is 2.84. The molecule has 0 aromatic carbocycles. The van der Waals surface area contributed by atoms with E-state index in [1.54, 1.807) is 19.0 Å². The van der Waals surface area contributed by atoms with Crippen molar-refractivity contribution in [2.45, 2.75) is 57.7 Å². The van der Waals surface area contributed by atoms with Crippen LogP contribution in [0.5, 0.6) is 0 Å². The Morgan fingerprint density at radius 1 is 1.26 bits per heavy atom. The summed E-state index contributed by atoms with van der Waals surface area (Å²) in [5.41, 5.74) is -0.502. The molecule has 2 heterocycles. The van der Waals surface area contributed by atoms with E-state index in [1.165, 1.54) is 4.90 Å². The molecule has 0 N–H and O–H groups in total. The second-order valence-electron chi connectivity index (χ2n) is 7.51. The summed E-state index contributed by atoms with van der Waals surface area (Å²) >= 11 is 0. The lowest BCUT2D eigenvalue weighted by atomic mass is 9.89. The molecule has 0 aromatic rings. The average Bonchev–Trinajstić information content (AvgIpc) is 2.71. The molecule has 130 valence electrons. The third kappa shape index (κ3) is 4.36. The molecule has 0 aliphatic carbocycles. The Morgan fingerprint density at radius 2 is 1.96 bits per heavy atom. The average molecular weight is 325 g/mol. The molecule has 1 unspecified atom stereocenters. The molecule has 0 radical (unpaired) electrons. The zero-order valence-electron chi connectivity index (χ0n) is 14.7. The van der Waals surface area contributed by atoms with Crippen LogP contribution in [0.1, 0.15) is 46.5 Å². The summed E-state index contributed by atoms with van der Waals surface area (Å²) in [7, 11) is 3.40. The molecule has 1 atom stereocenters. The molecule has 2 aliphatic rings. The van der Waals surface area contributed by atoms with Crippen molar-refractivity contribution in [3.05, 3.63) is 0 Å². The monoisotopic (exact) mass is 325 g/mol. The Labute approximate surface area is 137 Å². The summed E-state index contributed by atoms with van der Waals surface area (Å²) in [4.78, 5) is 33.1. The van der Waals surface area contributed by atoms with Crippen LogP contribution < -0.4 is 0 Å². The number of nitrogens with zero attached hydrogens (tertiary/aromatic N) is 3. The zero-order chi connectivity index (χ0) is 17.3. The van der Waals surface area contributed by atoms with E-state index in [0.717, 1.165) is 12.8 Å². The lowest BCUT2D eigenvalue weighted by Crippen LogP contribution is -2.39. The van der Waals surface area contributed by atoms with Gasteiger partial charge in [0.2, 0.25) is 0 Å². The van der Waals surface area contributed by atoms with Crippen LogP contribution >= 0.6 is 0 Å². The summed E-state index contributed by atoms with van der Waals surface area (Å²) in [5, 5.41) is 4.00. The summed E-state index contributed by atoms with van der Waals surface area (Å²) in [6.07, 6.45) is 2.45. The quantitative estimate of drug-likeness (QED) is 0.739. The Hall–Kier alpha value is -1.79. The van der Waals surface area contributed by atoms with Gasteiger partial charge >= 0.3 is 6.09 Å². The van der Waals surface area contributed by atoms with Gasteiger partial charge in [-0.05, 0) is 33.6 Å². The van der Waals surface area contributed by atoms with E-state index in [-0.39, 0.29) is 12.0 Å². The number of ether oxygens (including phenoxy) is 1. The highest BCUT2D eigenvalue weighted by Crippen LogP contribution is 2.35. The van der Waals surface area contributed by atoms with Gasteiger partial charge in [0.1, 0.15) is 16.9 Å². The minimum Gasteiger partial charge on any atom is -0.444 e. The van der Waals surface area contributed by atoms with Gasteiger partial charge in [-0.25, -0.2) is 4.79 Å². The standard InChI is InChI=1S/C16H27N3O4/c1-15(2,3)22-14(21)19-9-6-7-16(8-10-19)11-12(17-23-16)13(20)18(4)5/h6-11H2,1-5H3. The highest BCUT2D eigenvalue weighted by atomic mass is 16.7. The van der Waals surface area contributed by atoms with Gasteiger partial charge in [-0.1, -0.05) is 5.16 Å². The first-order valence-corrected chi connectivity index (χ1v) is 8.07. The molecule has 7 heteroatoms. The first-order chi connectivity index (χ1) is 10.6. The second-order valence-corrected chi connectivity index (χ2v) is 7.51. The summed E-state index contributed by atoms with van der Waals surface area (Å²) in [6, 6.07) is 0. The van der Waals surface area contributed by atoms with Crippen LogP contribution in [0.15, 0.2) is 5.16 Å². The molecule has 23 heavy (non-hydrogen) atoms. The molecule has 0 saturated carbocycles. The third-order valence-electron chi connectivity index (χ3n) is 4.04. The molecular formula is C16H27N3O4. The van der Waals surface area contributed by atoms with Crippen LogP contribution in [0.2, 0.25) is 0 Å². The lowest BCUT2D eigenvalue weighted by molar-refractivity contribution is -0.121. The predicted octanol–water partition coefficient (Wildman–Crippen LogP) is 2.01. The van der Waals surface area contributed by atoms with Crippen molar-refractivity contribution >= 4 is 17.7 Å². The van der Waals surface area contributed by atoms with Gasteiger partial charge in [0.25, 0.3) is 5.91 Å². The first-order valence-electron chi connectivity index (χ1n) is 8.07. The smallest absolute Gasteiger partial charge is 0.410 e. The van der Waals surface area contributed by atoms with Crippen molar-refractivity contribution < 1.29 is 19.2 Å². The van der Waals surface area contributed by atoms with E-state index in [9.17, 15) is 9.59 Å². The van der Waals surface area contributed by atoms with E-state index >= 15 is 0 Å². The molecule has 1 spiro atoms. The Bertz CT molecular complexity index is 510. The van der Waals surface area contributed by atoms with Gasteiger partial charge in [0.15, 0.2) is 0 Å². The van der Waals surface area contributed by atoms with Crippen molar-refractivity contribution in [3.8, 4) is 0 Å². The van der Waals surface area contributed by atoms with Crippen LogP contribution in [0.3, 0.4) is 0 Å². The van der Waals surface area contributed by atoms with Crippen molar-refractivity contribution in [2.75, 3.05) is 27.2 Å². The van der Waals surface area contributed by atoms with Gasteiger partial charge in [-0.2, -0.15) is 0 Å². The molecule has 1 fully saturated rings. The van der Waals surface area contributed by atoms with E-state index < -0.39 is 11.2 Å². The molecule has 0 bridgehead atoms. The topological polar surface area (TPSA) is 71.4 Å². The number of oxime groups is 1. The Balaban J connectivity index is 1.95. The largest absolute Gasteiger partial charge is 0.444 e. The van der Waals surface area contributed by atoms with E-state index in [4.69, 9.17) is 9.57 Å². The maximum atomic E-state index is 12.2. The van der Waals surface area contributed by atoms with Crippen molar-refractivity contribution in [2.24, 2.45) is 5.16 Å². The van der Waals surface area contributed by atoms with Crippen LogP contribution in [0.4, 0.5) is 4.79 Å². The number of carbonyl (C=O) groups excluding carboxylic acids is 2. The SMILES string of the molecule is CN(C)C(=O)C1=NOC2(CCCN(C(=O)OC(C)(C)C)CC2)C1. The highest BCUT2D eigenvalue weighted by Gasteiger charge is 2.43. The highest BCUT2D eigenvalue weighted by molar-refractivity contribution is 6.39. The molecule has 2 aliphatic heterocycles. The van der Waals surface area contributed by atoms with Crippen LogP contribution in [0.25, 0.3) is 0 Å². The molecule has 1 saturated heterocycles. The summed E-state index contributed by atoms with van der Waals surface area (Å²) in [5.74, 6) is -0.116. The summed E-state index contributed by atoms with van der Waals surface area (Å²) in [6.45, 7) is 6.76. The Morgan fingerprint density at radius 3 is 2.57 bits per heavy atom. The van der Waals surface area contributed by atoms with E-state index in [2.05, 4.69) is 5.16 Å². The van der Waals surface area contributed by atoms with E-state index in [1.807, 2.05) is 20.8 Å². The van der Waals surface area contributed by atoms with Gasteiger partial charge in [-0.15, -0.1) is 0 Å². The van der Waals surface area contributed by atoms with Crippen molar-refractivity contribution in [1.29, 1.82) is 0 Å². The number of carbonyl (C=O) groups is 2. The van der Waals surface area contributed by atoms with Crippen molar-refractivity contribution in [1.82, 2.24) is 9.80 Å². The van der Waals surface area contributed by atoms with Crippen LogP contribution in [-0.2, 0) is 14.4 Å². The number of hydrogen-bond donors (Lipinski definition) is 0. The fraction of sp³-hybridized carbons (Fsp3) is 0.812. The molecule has 0 aromatic heterocycles. The second kappa shape index (κ2) is 6.37. The van der Waals surface area contributed by atoms with Crippen LogP contribution in [-0.4, -0.2) is 65.9 Å². The third-order valence-corrected chi connectivity index (χ3v) is 4.04. The zero-order valence-corrected chi connectivity index (χ0v) is 14.7. The van der Waals surface area contributed by atoms with Gasteiger partial charge in [0.05, 0.1) is 0 Å². The molecule has 7 nitrogen and oxygen atoms in total. The number of amides is 2. The number of hydrogen-bond acceptors (Lipinski definition) is 5. The van der Waals surface area contributed by atoms with Gasteiger partial charge in [0, 0.05) is 40.0 Å². The maximum absolute atomic E-state index is 12.2. The normalized spacial score (nSPS) is 24.7.